The molecule has 0 aliphatic heterocycles. The fourth-order valence-corrected chi connectivity index (χ4v) is 2.54. The lowest BCUT2D eigenvalue weighted by molar-refractivity contribution is 0.699. The molecule has 2 aromatic rings. The summed E-state index contributed by atoms with van der Waals surface area (Å²) in [6.45, 7) is 4.28. The Labute approximate surface area is 136 Å². The molecule has 1 unspecified atom stereocenters. The van der Waals surface area contributed by atoms with Gasteiger partial charge >= 0.3 is 0 Å². The molecule has 0 bridgehead atoms. The molecule has 1 atom stereocenters. The van der Waals surface area contributed by atoms with Crippen molar-refractivity contribution in [2.24, 2.45) is 4.99 Å². The summed E-state index contributed by atoms with van der Waals surface area (Å²) in [5.74, 6) is 0. The molecule has 1 nitrogen and oxygen atoms in total. The van der Waals surface area contributed by atoms with Crippen molar-refractivity contribution in [2.45, 2.75) is 32.7 Å². The zero-order chi connectivity index (χ0) is 15.2. The van der Waals surface area contributed by atoms with Crippen molar-refractivity contribution in [3.8, 4) is 0 Å². The van der Waals surface area contributed by atoms with E-state index in [0.29, 0.717) is 0 Å². The van der Waals surface area contributed by atoms with Gasteiger partial charge in [0, 0.05) is 15.8 Å². The Morgan fingerprint density at radius 2 is 1.43 bits per heavy atom. The minimum atomic E-state index is 0.160. The van der Waals surface area contributed by atoms with Gasteiger partial charge in [0.2, 0.25) is 0 Å². The maximum atomic E-state index is 5.95. The van der Waals surface area contributed by atoms with E-state index in [1.807, 2.05) is 36.4 Å². The minimum absolute atomic E-state index is 0.160. The molecule has 0 spiro atoms. The molecule has 0 N–H and O–H groups in total. The summed E-state index contributed by atoms with van der Waals surface area (Å²) in [4.78, 5) is 4.94. The Morgan fingerprint density at radius 3 is 1.90 bits per heavy atom. The highest BCUT2D eigenvalue weighted by Crippen LogP contribution is 2.24. The Hall–Kier alpha value is -1.31. The second kappa shape index (κ2) is 7.63. The minimum Gasteiger partial charge on any atom is -0.281 e. The molecule has 110 valence electrons. The summed E-state index contributed by atoms with van der Waals surface area (Å²) in [5.41, 5.74) is 3.43. The van der Waals surface area contributed by atoms with Gasteiger partial charge in [-0.15, -0.1) is 0 Å². The Bertz CT molecular complexity index is 600. The van der Waals surface area contributed by atoms with E-state index >= 15 is 0 Å². The van der Waals surface area contributed by atoms with Gasteiger partial charge < -0.3 is 0 Å². The predicted octanol–water partition coefficient (Wildman–Crippen LogP) is 6.34. The van der Waals surface area contributed by atoms with Gasteiger partial charge in [-0.05, 0) is 48.2 Å². The molecular weight excluding hydrogens is 301 g/mol. The van der Waals surface area contributed by atoms with Crippen molar-refractivity contribution >= 4 is 28.9 Å². The average molecular weight is 320 g/mol. The molecule has 3 heteroatoms. The maximum Gasteiger partial charge on any atom is 0.0749 e. The van der Waals surface area contributed by atoms with Crippen LogP contribution in [0.15, 0.2) is 53.5 Å². The van der Waals surface area contributed by atoms with Gasteiger partial charge in [-0.25, -0.2) is 0 Å². The van der Waals surface area contributed by atoms with E-state index in [-0.39, 0.29) is 6.04 Å². The van der Waals surface area contributed by atoms with E-state index in [9.17, 15) is 0 Å². The summed E-state index contributed by atoms with van der Waals surface area (Å²) in [5, 5.41) is 1.50. The van der Waals surface area contributed by atoms with Gasteiger partial charge in [0.25, 0.3) is 0 Å². The summed E-state index contributed by atoms with van der Waals surface area (Å²) in [6, 6.07) is 16.0. The van der Waals surface area contributed by atoms with Crippen LogP contribution in [0.1, 0.15) is 43.9 Å². The second-order valence-corrected chi connectivity index (χ2v) is 5.78. The number of hydrogen-bond acceptors (Lipinski definition) is 1. The highest BCUT2D eigenvalue weighted by molar-refractivity contribution is 6.30. The van der Waals surface area contributed by atoms with Crippen LogP contribution in [0.2, 0.25) is 10.0 Å². The average Bonchev–Trinajstić information content (AvgIpc) is 2.51. The molecule has 0 aromatic heterocycles. The number of nitrogens with zero attached hydrogens (tertiary/aromatic N) is 1. The van der Waals surface area contributed by atoms with Gasteiger partial charge in [-0.1, -0.05) is 61.3 Å². The van der Waals surface area contributed by atoms with E-state index in [2.05, 4.69) is 26.0 Å². The number of hydrogen-bond donors (Lipinski definition) is 0. The van der Waals surface area contributed by atoms with Crippen LogP contribution in [-0.2, 0) is 0 Å². The lowest BCUT2D eigenvalue weighted by atomic mass is 10.0. The Kier molecular flexibility index (Phi) is 5.84. The molecule has 0 radical (unpaired) electrons. The highest BCUT2D eigenvalue weighted by Gasteiger charge is 2.10. The van der Waals surface area contributed by atoms with Gasteiger partial charge in [-0.2, -0.15) is 0 Å². The lowest BCUT2D eigenvalue weighted by Crippen LogP contribution is -2.04. The Balaban J connectivity index is 2.31. The Morgan fingerprint density at radius 1 is 0.905 bits per heavy atom. The fraction of sp³-hybridized carbons (Fsp3) is 0.278. The number of halogens is 2. The maximum absolute atomic E-state index is 5.95. The van der Waals surface area contributed by atoms with Crippen molar-refractivity contribution < 1.29 is 0 Å². The standard InChI is InChI=1S/C18H19Cl2N/c1-3-17(13-5-9-15(19)10-6-13)21-18(4-2)14-7-11-16(20)12-8-14/h5-12,17H,3-4H2,1-2H3. The van der Waals surface area contributed by atoms with Crippen LogP contribution in [0.5, 0.6) is 0 Å². The van der Waals surface area contributed by atoms with Gasteiger partial charge in [0.1, 0.15) is 0 Å². The predicted molar refractivity (Wildman–Crippen MR) is 92.8 cm³/mol. The third-order valence-corrected chi connectivity index (χ3v) is 3.97. The van der Waals surface area contributed by atoms with E-state index in [1.54, 1.807) is 0 Å². The molecule has 2 aromatic carbocycles. The van der Waals surface area contributed by atoms with Gasteiger partial charge in [0.05, 0.1) is 6.04 Å². The molecular formula is C18H19Cl2N. The molecule has 0 fully saturated rings. The van der Waals surface area contributed by atoms with Crippen molar-refractivity contribution in [1.29, 1.82) is 0 Å². The third-order valence-electron chi connectivity index (χ3n) is 3.47. The quantitative estimate of drug-likeness (QED) is 0.570. The van der Waals surface area contributed by atoms with Gasteiger partial charge in [-0.3, -0.25) is 4.99 Å². The number of benzene rings is 2. The van der Waals surface area contributed by atoms with Crippen LogP contribution in [0, 0.1) is 0 Å². The van der Waals surface area contributed by atoms with E-state index in [1.165, 1.54) is 5.56 Å². The SMILES string of the molecule is CCC(=NC(CC)c1ccc(Cl)cc1)c1ccc(Cl)cc1. The molecule has 0 saturated carbocycles. The van der Waals surface area contributed by atoms with Crippen LogP contribution in [0.4, 0.5) is 0 Å². The zero-order valence-electron chi connectivity index (χ0n) is 12.3. The fourth-order valence-electron chi connectivity index (χ4n) is 2.29. The summed E-state index contributed by atoms with van der Waals surface area (Å²) in [7, 11) is 0. The molecule has 21 heavy (non-hydrogen) atoms. The van der Waals surface area contributed by atoms with Crippen LogP contribution < -0.4 is 0 Å². The smallest absolute Gasteiger partial charge is 0.0749 e. The van der Waals surface area contributed by atoms with E-state index < -0.39 is 0 Å². The summed E-state index contributed by atoms with van der Waals surface area (Å²) < 4.78 is 0. The van der Waals surface area contributed by atoms with Crippen molar-refractivity contribution in [2.75, 3.05) is 0 Å². The molecule has 2 rings (SSSR count). The topological polar surface area (TPSA) is 12.4 Å². The van der Waals surface area contributed by atoms with Crippen molar-refractivity contribution in [3.63, 3.8) is 0 Å². The molecule has 0 saturated heterocycles. The van der Waals surface area contributed by atoms with Gasteiger partial charge in [0.15, 0.2) is 0 Å². The first-order valence-corrected chi connectivity index (χ1v) is 7.97. The second-order valence-electron chi connectivity index (χ2n) is 4.91. The molecule has 0 amide bonds. The normalized spacial score (nSPS) is 13.2. The van der Waals surface area contributed by atoms with Crippen LogP contribution >= 0.6 is 23.2 Å². The first kappa shape index (κ1) is 16.1. The highest BCUT2D eigenvalue weighted by atomic mass is 35.5. The summed E-state index contributed by atoms with van der Waals surface area (Å²) in [6.07, 6.45) is 1.85. The number of rotatable bonds is 5. The van der Waals surface area contributed by atoms with Crippen molar-refractivity contribution in [3.05, 3.63) is 69.7 Å². The monoisotopic (exact) mass is 319 g/mol. The molecule has 0 aliphatic rings. The first-order valence-electron chi connectivity index (χ1n) is 7.22. The van der Waals surface area contributed by atoms with Crippen molar-refractivity contribution in [1.82, 2.24) is 0 Å². The molecule has 0 heterocycles. The summed E-state index contributed by atoms with van der Waals surface area (Å²) >= 11 is 11.9. The number of aliphatic imine (C=N–C) groups is 1. The largest absolute Gasteiger partial charge is 0.281 e. The van der Waals surface area contributed by atoms with Crippen LogP contribution in [0.25, 0.3) is 0 Å². The molecule has 0 aliphatic carbocycles. The van der Waals surface area contributed by atoms with Crippen LogP contribution in [0.3, 0.4) is 0 Å². The first-order chi connectivity index (χ1) is 10.1. The van der Waals surface area contributed by atoms with E-state index in [0.717, 1.165) is 34.2 Å². The lowest BCUT2D eigenvalue weighted by Gasteiger charge is -2.14. The van der Waals surface area contributed by atoms with E-state index in [4.69, 9.17) is 28.2 Å². The zero-order valence-corrected chi connectivity index (χ0v) is 13.8. The third kappa shape index (κ3) is 4.33. The van der Waals surface area contributed by atoms with Crippen LogP contribution in [-0.4, -0.2) is 5.71 Å².